The van der Waals surface area contributed by atoms with Crippen LogP contribution in [0.1, 0.15) is 12.5 Å². The van der Waals surface area contributed by atoms with Crippen molar-refractivity contribution < 1.29 is 8.82 Å². The lowest BCUT2D eigenvalue weighted by Gasteiger charge is -2.13. The standard InChI is InChI=1S/C10H14FOSi/c1-4-8-6-5-7-9(11)10(8)12-13(2)3/h5-7H,4H2,1-3H3. The summed E-state index contributed by atoms with van der Waals surface area (Å²) in [4.78, 5) is 0. The molecule has 1 aromatic rings. The third-order valence-corrected chi connectivity index (χ3v) is 2.35. The van der Waals surface area contributed by atoms with Crippen LogP contribution in [-0.2, 0) is 6.42 Å². The van der Waals surface area contributed by atoms with Crippen molar-refractivity contribution in [3.63, 3.8) is 0 Å². The Morgan fingerprint density at radius 3 is 2.62 bits per heavy atom. The lowest BCUT2D eigenvalue weighted by atomic mass is 10.1. The first kappa shape index (κ1) is 10.2. The molecule has 71 valence electrons. The molecular formula is C10H14FOSi. The number of benzene rings is 1. The smallest absolute Gasteiger partial charge is 0.274 e. The van der Waals surface area contributed by atoms with E-state index in [1.54, 1.807) is 6.07 Å². The Morgan fingerprint density at radius 2 is 2.08 bits per heavy atom. The summed E-state index contributed by atoms with van der Waals surface area (Å²) in [6.45, 7) is 5.99. The van der Waals surface area contributed by atoms with Gasteiger partial charge in [-0.05, 0) is 31.1 Å². The van der Waals surface area contributed by atoms with E-state index in [2.05, 4.69) is 0 Å². The van der Waals surface area contributed by atoms with E-state index in [1.807, 2.05) is 26.1 Å². The fourth-order valence-corrected chi connectivity index (χ4v) is 1.79. The second-order valence-electron chi connectivity index (χ2n) is 3.09. The highest BCUT2D eigenvalue weighted by Gasteiger charge is 2.10. The minimum atomic E-state index is -0.881. The number of para-hydroxylation sites is 1. The van der Waals surface area contributed by atoms with E-state index in [-0.39, 0.29) is 5.82 Å². The van der Waals surface area contributed by atoms with Gasteiger partial charge in [-0.2, -0.15) is 0 Å². The molecule has 0 spiro atoms. The molecule has 0 aromatic heterocycles. The van der Waals surface area contributed by atoms with Crippen LogP contribution in [0, 0.1) is 5.82 Å². The molecule has 0 unspecified atom stereocenters. The van der Waals surface area contributed by atoms with Crippen molar-refractivity contribution in [1.29, 1.82) is 0 Å². The van der Waals surface area contributed by atoms with Crippen LogP contribution < -0.4 is 4.43 Å². The summed E-state index contributed by atoms with van der Waals surface area (Å²) in [7, 11) is -0.881. The van der Waals surface area contributed by atoms with Crippen LogP contribution in [0.3, 0.4) is 0 Å². The van der Waals surface area contributed by atoms with Crippen molar-refractivity contribution in [2.45, 2.75) is 26.4 Å². The highest BCUT2D eigenvalue weighted by molar-refractivity contribution is 6.49. The third kappa shape index (κ3) is 2.55. The van der Waals surface area contributed by atoms with Crippen LogP contribution in [-0.4, -0.2) is 9.04 Å². The molecule has 1 nitrogen and oxygen atoms in total. The summed E-state index contributed by atoms with van der Waals surface area (Å²) >= 11 is 0. The van der Waals surface area contributed by atoms with Gasteiger partial charge in [-0.3, -0.25) is 0 Å². The largest absolute Gasteiger partial charge is 0.540 e. The van der Waals surface area contributed by atoms with Crippen molar-refractivity contribution in [1.82, 2.24) is 0 Å². The molecule has 0 fully saturated rings. The van der Waals surface area contributed by atoms with E-state index in [9.17, 15) is 4.39 Å². The predicted octanol–water partition coefficient (Wildman–Crippen LogP) is 3.02. The zero-order valence-electron chi connectivity index (χ0n) is 8.23. The Balaban J connectivity index is 3.00. The quantitative estimate of drug-likeness (QED) is 0.677. The molecule has 0 aliphatic carbocycles. The van der Waals surface area contributed by atoms with Gasteiger partial charge in [0.2, 0.25) is 0 Å². The molecule has 0 amide bonds. The molecule has 0 saturated heterocycles. The minimum Gasteiger partial charge on any atom is -0.540 e. The first-order chi connectivity index (χ1) is 6.15. The summed E-state index contributed by atoms with van der Waals surface area (Å²) in [6, 6.07) is 5.07. The summed E-state index contributed by atoms with van der Waals surface area (Å²) in [5, 5.41) is 0. The van der Waals surface area contributed by atoms with Crippen LogP contribution in [0.5, 0.6) is 5.75 Å². The Kier molecular flexibility index (Phi) is 3.48. The average molecular weight is 197 g/mol. The highest BCUT2D eigenvalue weighted by Crippen LogP contribution is 2.23. The second kappa shape index (κ2) is 4.42. The maximum Gasteiger partial charge on any atom is 0.274 e. The average Bonchev–Trinajstić information content (AvgIpc) is 2.08. The molecular weight excluding hydrogens is 183 g/mol. The number of halogens is 1. The lowest BCUT2D eigenvalue weighted by Crippen LogP contribution is -2.13. The number of rotatable bonds is 3. The van der Waals surface area contributed by atoms with Gasteiger partial charge >= 0.3 is 0 Å². The SMILES string of the molecule is CCc1cccc(F)c1O[Si](C)C. The van der Waals surface area contributed by atoms with Crippen molar-refractivity contribution in [2.24, 2.45) is 0 Å². The molecule has 0 bridgehead atoms. The van der Waals surface area contributed by atoms with Gasteiger partial charge < -0.3 is 4.43 Å². The third-order valence-electron chi connectivity index (χ3n) is 1.74. The van der Waals surface area contributed by atoms with E-state index in [4.69, 9.17) is 4.43 Å². The maximum absolute atomic E-state index is 13.3. The monoisotopic (exact) mass is 197 g/mol. The zero-order valence-corrected chi connectivity index (χ0v) is 9.23. The molecule has 0 saturated carbocycles. The number of hydrogen-bond donors (Lipinski definition) is 0. The molecule has 3 heteroatoms. The Morgan fingerprint density at radius 1 is 1.38 bits per heavy atom. The van der Waals surface area contributed by atoms with E-state index in [0.717, 1.165) is 12.0 Å². The molecule has 0 heterocycles. The second-order valence-corrected chi connectivity index (χ2v) is 5.11. The highest BCUT2D eigenvalue weighted by atomic mass is 28.3. The zero-order chi connectivity index (χ0) is 9.84. The molecule has 0 aliphatic rings. The van der Waals surface area contributed by atoms with Gasteiger partial charge in [-0.1, -0.05) is 19.1 Å². The molecule has 1 aromatic carbocycles. The van der Waals surface area contributed by atoms with Crippen LogP contribution >= 0.6 is 0 Å². The molecule has 0 aliphatic heterocycles. The molecule has 13 heavy (non-hydrogen) atoms. The van der Waals surface area contributed by atoms with Crippen molar-refractivity contribution in [2.75, 3.05) is 0 Å². The normalized spacial score (nSPS) is 10.5. The van der Waals surface area contributed by atoms with E-state index >= 15 is 0 Å². The van der Waals surface area contributed by atoms with Gasteiger partial charge in [-0.25, -0.2) is 4.39 Å². The van der Waals surface area contributed by atoms with E-state index in [0.29, 0.717) is 5.75 Å². The Bertz CT molecular complexity index is 286. The van der Waals surface area contributed by atoms with Gasteiger partial charge in [0.15, 0.2) is 5.82 Å². The fraction of sp³-hybridized carbons (Fsp3) is 0.400. The first-order valence-electron chi connectivity index (χ1n) is 4.40. The van der Waals surface area contributed by atoms with Crippen molar-refractivity contribution >= 4 is 9.04 Å². The summed E-state index contributed by atoms with van der Waals surface area (Å²) in [6.07, 6.45) is 0.808. The summed E-state index contributed by atoms with van der Waals surface area (Å²) < 4.78 is 18.8. The van der Waals surface area contributed by atoms with Crippen LogP contribution in [0.2, 0.25) is 13.1 Å². The molecule has 0 N–H and O–H groups in total. The van der Waals surface area contributed by atoms with Crippen LogP contribution in [0.25, 0.3) is 0 Å². The topological polar surface area (TPSA) is 9.23 Å². The molecule has 1 radical (unpaired) electrons. The van der Waals surface area contributed by atoms with E-state index in [1.165, 1.54) is 6.07 Å². The molecule has 1 rings (SSSR count). The van der Waals surface area contributed by atoms with Gasteiger partial charge in [-0.15, -0.1) is 0 Å². The molecule has 0 atom stereocenters. The first-order valence-corrected chi connectivity index (χ1v) is 6.81. The van der Waals surface area contributed by atoms with Crippen molar-refractivity contribution in [3.05, 3.63) is 29.6 Å². The lowest BCUT2D eigenvalue weighted by molar-refractivity contribution is 0.503. The number of hydrogen-bond acceptors (Lipinski definition) is 1. The minimum absolute atomic E-state index is 0.245. The predicted molar refractivity (Wildman–Crippen MR) is 53.9 cm³/mol. The van der Waals surface area contributed by atoms with Crippen LogP contribution in [0.15, 0.2) is 18.2 Å². The van der Waals surface area contributed by atoms with E-state index < -0.39 is 9.04 Å². The van der Waals surface area contributed by atoms with Gasteiger partial charge in [0.1, 0.15) is 5.75 Å². The van der Waals surface area contributed by atoms with Gasteiger partial charge in [0, 0.05) is 0 Å². The summed E-state index contributed by atoms with van der Waals surface area (Å²) in [5.74, 6) is 0.203. The maximum atomic E-state index is 13.3. The van der Waals surface area contributed by atoms with Gasteiger partial charge in [0.25, 0.3) is 9.04 Å². The van der Waals surface area contributed by atoms with Crippen LogP contribution in [0.4, 0.5) is 4.39 Å². The van der Waals surface area contributed by atoms with Crippen molar-refractivity contribution in [3.8, 4) is 5.75 Å². The number of aryl methyl sites for hydroxylation is 1. The van der Waals surface area contributed by atoms with Gasteiger partial charge in [0.05, 0.1) is 0 Å². The Hall–Kier alpha value is -0.833. The Labute approximate surface area is 80.3 Å². The fourth-order valence-electron chi connectivity index (χ4n) is 1.15. The summed E-state index contributed by atoms with van der Waals surface area (Å²) in [5.41, 5.74) is 0.950.